The molecule has 2 rings (SSSR count). The van der Waals surface area contributed by atoms with Crippen molar-refractivity contribution in [1.29, 1.82) is 0 Å². The average molecular weight is 406 g/mol. The Balaban J connectivity index is 1.91. The van der Waals surface area contributed by atoms with Crippen LogP contribution >= 0.6 is 15.9 Å². The fourth-order valence-corrected chi connectivity index (χ4v) is 2.27. The Labute approximate surface area is 153 Å². The van der Waals surface area contributed by atoms with Crippen LogP contribution in [-0.4, -0.2) is 18.0 Å². The zero-order valence-electron chi connectivity index (χ0n) is 13.8. The molecule has 2 aromatic carbocycles. The number of hydrogen-bond donors (Lipinski definition) is 1. The first-order valence-electron chi connectivity index (χ1n) is 7.56. The average Bonchev–Trinajstić information content (AvgIpc) is 2.56. The molecule has 0 unspecified atom stereocenters. The minimum absolute atomic E-state index is 0.0197. The molecule has 1 N–H and O–H groups in total. The Morgan fingerprint density at radius 2 is 1.88 bits per heavy atom. The van der Waals surface area contributed by atoms with E-state index in [2.05, 4.69) is 21.2 Å². The van der Waals surface area contributed by atoms with Crippen molar-refractivity contribution in [1.82, 2.24) is 0 Å². The highest BCUT2D eigenvalue weighted by Gasteiger charge is 2.18. The fourth-order valence-electron chi connectivity index (χ4n) is 1.93. The van der Waals surface area contributed by atoms with Crippen LogP contribution in [0.1, 0.15) is 18.1 Å². The van der Waals surface area contributed by atoms with E-state index < -0.39 is 23.8 Å². The lowest BCUT2D eigenvalue weighted by atomic mass is 10.1. The fraction of sp³-hybridized carbons (Fsp3) is 0.158. The Morgan fingerprint density at radius 3 is 2.52 bits per heavy atom. The summed E-state index contributed by atoms with van der Waals surface area (Å²) in [6, 6.07) is 11.8. The number of anilines is 1. The van der Waals surface area contributed by atoms with Crippen molar-refractivity contribution >= 4 is 39.6 Å². The summed E-state index contributed by atoms with van der Waals surface area (Å²) in [7, 11) is 0. The number of nitrogens with one attached hydrogen (secondary N) is 1. The molecule has 1 amide bonds. The van der Waals surface area contributed by atoms with Crippen LogP contribution < -0.4 is 5.32 Å². The van der Waals surface area contributed by atoms with E-state index in [1.54, 1.807) is 12.1 Å². The van der Waals surface area contributed by atoms with Gasteiger partial charge >= 0.3 is 5.97 Å². The largest absolute Gasteiger partial charge is 0.449 e. The molecule has 0 aliphatic heterocycles. The first kappa shape index (κ1) is 18.9. The molecule has 0 radical (unpaired) electrons. The van der Waals surface area contributed by atoms with E-state index in [1.165, 1.54) is 25.1 Å². The van der Waals surface area contributed by atoms with Gasteiger partial charge in [-0.2, -0.15) is 0 Å². The molecule has 0 bridgehead atoms. The lowest BCUT2D eigenvalue weighted by Gasteiger charge is -2.13. The summed E-state index contributed by atoms with van der Waals surface area (Å²) < 4.78 is 19.3. The zero-order chi connectivity index (χ0) is 18.4. The van der Waals surface area contributed by atoms with Crippen molar-refractivity contribution in [2.45, 2.75) is 20.0 Å². The Kier molecular flexibility index (Phi) is 6.47. The zero-order valence-corrected chi connectivity index (χ0v) is 15.3. The second-order valence-corrected chi connectivity index (χ2v) is 6.35. The molecule has 0 saturated heterocycles. The van der Waals surface area contributed by atoms with E-state index in [1.807, 2.05) is 31.2 Å². The summed E-state index contributed by atoms with van der Waals surface area (Å²) in [5, 5.41) is 2.39. The van der Waals surface area contributed by atoms with Crippen molar-refractivity contribution in [3.05, 3.63) is 70.0 Å². The van der Waals surface area contributed by atoms with Crippen LogP contribution in [-0.2, 0) is 14.3 Å². The molecular weight excluding hydrogens is 389 g/mol. The highest BCUT2D eigenvalue weighted by molar-refractivity contribution is 9.10. The van der Waals surface area contributed by atoms with E-state index in [-0.39, 0.29) is 5.69 Å². The number of benzene rings is 2. The summed E-state index contributed by atoms with van der Waals surface area (Å²) in [5.74, 6) is -1.85. The van der Waals surface area contributed by atoms with Gasteiger partial charge in [-0.25, -0.2) is 9.18 Å². The van der Waals surface area contributed by atoms with E-state index in [4.69, 9.17) is 4.74 Å². The summed E-state index contributed by atoms with van der Waals surface area (Å²) in [6.45, 7) is 3.39. The second-order valence-electron chi connectivity index (χ2n) is 5.44. The summed E-state index contributed by atoms with van der Waals surface area (Å²) in [5.41, 5.74) is 1.98. The number of rotatable bonds is 5. The SMILES string of the molecule is Cc1ccc(/C=C/C(=O)O[C@H](C)C(=O)Nc2ccc(Br)cc2F)cc1. The topological polar surface area (TPSA) is 55.4 Å². The Bertz CT molecular complexity index is 803. The maximum absolute atomic E-state index is 13.7. The quantitative estimate of drug-likeness (QED) is 0.589. The lowest BCUT2D eigenvalue weighted by Crippen LogP contribution is -2.29. The molecule has 0 spiro atoms. The van der Waals surface area contributed by atoms with E-state index in [0.717, 1.165) is 11.1 Å². The van der Waals surface area contributed by atoms with Crippen molar-refractivity contribution in [3.63, 3.8) is 0 Å². The summed E-state index contributed by atoms with van der Waals surface area (Å²) >= 11 is 3.13. The number of carbonyl (C=O) groups excluding carboxylic acids is 2. The molecule has 1 atom stereocenters. The molecule has 25 heavy (non-hydrogen) atoms. The van der Waals surface area contributed by atoms with Crippen LogP contribution in [0, 0.1) is 12.7 Å². The third-order valence-electron chi connectivity index (χ3n) is 3.34. The highest BCUT2D eigenvalue weighted by Crippen LogP contribution is 2.19. The van der Waals surface area contributed by atoms with E-state index in [0.29, 0.717) is 4.47 Å². The summed E-state index contributed by atoms with van der Waals surface area (Å²) in [4.78, 5) is 23.8. The van der Waals surface area contributed by atoms with Gasteiger partial charge in [0.25, 0.3) is 5.91 Å². The third kappa shape index (κ3) is 5.83. The molecule has 4 nitrogen and oxygen atoms in total. The number of carbonyl (C=O) groups is 2. The van der Waals surface area contributed by atoms with Gasteiger partial charge in [-0.1, -0.05) is 45.8 Å². The Morgan fingerprint density at radius 1 is 1.20 bits per heavy atom. The van der Waals surface area contributed by atoms with Crippen molar-refractivity contribution in [2.75, 3.05) is 5.32 Å². The monoisotopic (exact) mass is 405 g/mol. The maximum atomic E-state index is 13.7. The van der Waals surface area contributed by atoms with E-state index in [9.17, 15) is 14.0 Å². The molecule has 0 saturated carbocycles. The van der Waals surface area contributed by atoms with Gasteiger partial charge in [0.1, 0.15) is 5.82 Å². The van der Waals surface area contributed by atoms with Gasteiger partial charge in [-0.3, -0.25) is 4.79 Å². The molecule has 130 valence electrons. The van der Waals surface area contributed by atoms with Crippen molar-refractivity contribution < 1.29 is 18.7 Å². The van der Waals surface area contributed by atoms with Gasteiger partial charge in [-0.15, -0.1) is 0 Å². The van der Waals surface area contributed by atoms with Crippen molar-refractivity contribution in [3.8, 4) is 0 Å². The molecule has 2 aromatic rings. The second kappa shape index (κ2) is 8.58. The molecule has 0 aliphatic rings. The smallest absolute Gasteiger partial charge is 0.331 e. The highest BCUT2D eigenvalue weighted by atomic mass is 79.9. The first-order valence-corrected chi connectivity index (χ1v) is 8.36. The van der Waals surface area contributed by atoms with Gasteiger partial charge in [0, 0.05) is 10.5 Å². The minimum Gasteiger partial charge on any atom is -0.449 e. The van der Waals surface area contributed by atoms with E-state index >= 15 is 0 Å². The third-order valence-corrected chi connectivity index (χ3v) is 3.83. The molecule has 0 heterocycles. The van der Waals surface area contributed by atoms with Gasteiger partial charge in [0.05, 0.1) is 5.69 Å². The van der Waals surface area contributed by atoms with Crippen LogP contribution in [0.25, 0.3) is 6.08 Å². The summed E-state index contributed by atoms with van der Waals surface area (Å²) in [6.07, 6.45) is 1.79. The molecule has 6 heteroatoms. The Hall–Kier alpha value is -2.47. The number of hydrogen-bond acceptors (Lipinski definition) is 3. The van der Waals surface area contributed by atoms with Crippen molar-refractivity contribution in [2.24, 2.45) is 0 Å². The molecule has 0 aromatic heterocycles. The van der Waals surface area contributed by atoms with Gasteiger partial charge in [0.15, 0.2) is 6.10 Å². The van der Waals surface area contributed by atoms with Crippen LogP contribution in [0.3, 0.4) is 0 Å². The van der Waals surface area contributed by atoms with Crippen LogP contribution in [0.4, 0.5) is 10.1 Å². The molecular formula is C19H17BrFNO3. The minimum atomic E-state index is -1.06. The number of amides is 1. The van der Waals surface area contributed by atoms with Gasteiger partial charge in [0.2, 0.25) is 0 Å². The van der Waals surface area contributed by atoms with Crippen LogP contribution in [0.15, 0.2) is 53.0 Å². The first-order chi connectivity index (χ1) is 11.8. The predicted octanol–water partition coefficient (Wildman–Crippen LogP) is 4.48. The van der Waals surface area contributed by atoms with Crippen LogP contribution in [0.2, 0.25) is 0 Å². The molecule has 0 fully saturated rings. The van der Waals surface area contributed by atoms with Gasteiger partial charge in [-0.05, 0) is 43.7 Å². The molecule has 0 aliphatic carbocycles. The standard InChI is InChI=1S/C19H17BrFNO3/c1-12-3-5-14(6-4-12)7-10-18(23)25-13(2)19(24)22-17-9-8-15(20)11-16(17)21/h3-11,13H,1-2H3,(H,22,24)/b10-7+/t13-/m1/s1. The number of esters is 1. The predicted molar refractivity (Wildman–Crippen MR) is 98.5 cm³/mol. The van der Waals surface area contributed by atoms with Gasteiger partial charge < -0.3 is 10.1 Å². The van der Waals surface area contributed by atoms with Crippen LogP contribution in [0.5, 0.6) is 0 Å². The maximum Gasteiger partial charge on any atom is 0.331 e. The number of ether oxygens (including phenoxy) is 1. The number of aryl methyl sites for hydroxylation is 1. The normalized spacial score (nSPS) is 12.0. The lowest BCUT2D eigenvalue weighted by molar-refractivity contribution is -0.148. The number of halogens is 2.